The highest BCUT2D eigenvalue weighted by Crippen LogP contribution is 2.29. The molecule has 0 aromatic heterocycles. The Morgan fingerprint density at radius 2 is 2.18 bits per heavy atom. The second-order valence-electron chi connectivity index (χ2n) is 4.46. The number of esters is 1. The minimum Gasteiger partial charge on any atom is -0.465 e. The van der Waals surface area contributed by atoms with Gasteiger partial charge in [0.2, 0.25) is 0 Å². The highest BCUT2D eigenvalue weighted by Gasteiger charge is 2.35. The Labute approximate surface area is 103 Å². The Balaban J connectivity index is 3.10. The number of nitrogens with two attached hydrogens (primary N) is 1. The van der Waals surface area contributed by atoms with E-state index < -0.39 is 5.41 Å². The maximum atomic E-state index is 12.1. The number of carbonyl (C=O) groups excluding carboxylic acids is 1. The summed E-state index contributed by atoms with van der Waals surface area (Å²) in [4.78, 5) is 12.1. The van der Waals surface area contributed by atoms with Crippen LogP contribution >= 0.6 is 0 Å². The Hall–Kier alpha value is -1.35. The van der Waals surface area contributed by atoms with Crippen molar-refractivity contribution < 1.29 is 9.53 Å². The average molecular weight is 235 g/mol. The summed E-state index contributed by atoms with van der Waals surface area (Å²) in [5.74, 6) is -0.198. The zero-order chi connectivity index (χ0) is 12.9. The third-order valence-corrected chi connectivity index (χ3v) is 3.03. The lowest BCUT2D eigenvalue weighted by Gasteiger charge is -2.27. The van der Waals surface area contributed by atoms with Crippen molar-refractivity contribution >= 4 is 5.97 Å². The van der Waals surface area contributed by atoms with Gasteiger partial charge in [-0.2, -0.15) is 0 Å². The first-order chi connectivity index (χ1) is 8.04. The molecule has 3 heteroatoms. The van der Waals surface area contributed by atoms with Crippen LogP contribution in [0.5, 0.6) is 0 Å². The predicted octanol–water partition coefficient (Wildman–Crippen LogP) is 2.16. The Kier molecular flexibility index (Phi) is 4.70. The molecule has 0 bridgehead atoms. The molecular formula is C14H21NO2. The van der Waals surface area contributed by atoms with Crippen molar-refractivity contribution in [2.24, 2.45) is 5.73 Å². The lowest BCUT2D eigenvalue weighted by atomic mass is 9.79. The van der Waals surface area contributed by atoms with Crippen LogP contribution in [-0.2, 0) is 14.9 Å². The first kappa shape index (κ1) is 13.7. The lowest BCUT2D eigenvalue weighted by Crippen LogP contribution is -2.36. The fourth-order valence-corrected chi connectivity index (χ4v) is 1.93. The Bertz CT molecular complexity index is 390. The van der Waals surface area contributed by atoms with E-state index in [9.17, 15) is 4.79 Å². The number of benzene rings is 1. The van der Waals surface area contributed by atoms with E-state index in [-0.39, 0.29) is 5.97 Å². The largest absolute Gasteiger partial charge is 0.465 e. The summed E-state index contributed by atoms with van der Waals surface area (Å²) in [5.41, 5.74) is 7.08. The zero-order valence-corrected chi connectivity index (χ0v) is 10.8. The number of ether oxygens (including phenoxy) is 1. The van der Waals surface area contributed by atoms with Crippen molar-refractivity contribution in [2.45, 2.75) is 32.6 Å². The molecular weight excluding hydrogens is 214 g/mol. The fourth-order valence-electron chi connectivity index (χ4n) is 1.93. The number of aryl methyl sites for hydroxylation is 1. The third kappa shape index (κ3) is 3.07. The van der Waals surface area contributed by atoms with Crippen molar-refractivity contribution in [3.63, 3.8) is 0 Å². The van der Waals surface area contributed by atoms with E-state index in [1.54, 1.807) is 0 Å². The zero-order valence-electron chi connectivity index (χ0n) is 10.8. The highest BCUT2D eigenvalue weighted by atomic mass is 16.5. The van der Waals surface area contributed by atoms with Crippen LogP contribution in [0.3, 0.4) is 0 Å². The minimum atomic E-state index is -0.642. The molecule has 0 fully saturated rings. The molecule has 1 unspecified atom stereocenters. The van der Waals surface area contributed by atoms with Crippen LogP contribution in [0, 0.1) is 6.92 Å². The van der Waals surface area contributed by atoms with Crippen molar-refractivity contribution in [3.05, 3.63) is 35.4 Å². The van der Waals surface area contributed by atoms with Gasteiger partial charge in [-0.3, -0.25) is 4.79 Å². The third-order valence-electron chi connectivity index (χ3n) is 3.03. The summed E-state index contributed by atoms with van der Waals surface area (Å²) in [6, 6.07) is 7.95. The molecule has 0 spiro atoms. The van der Waals surface area contributed by atoms with E-state index in [1.165, 1.54) is 0 Å². The van der Waals surface area contributed by atoms with Gasteiger partial charge in [-0.15, -0.1) is 0 Å². The Morgan fingerprint density at radius 1 is 1.47 bits per heavy atom. The van der Waals surface area contributed by atoms with Crippen molar-refractivity contribution in [2.75, 3.05) is 13.2 Å². The summed E-state index contributed by atoms with van der Waals surface area (Å²) >= 11 is 0. The molecule has 94 valence electrons. The van der Waals surface area contributed by atoms with E-state index in [1.807, 2.05) is 45.0 Å². The van der Waals surface area contributed by atoms with Crippen LogP contribution < -0.4 is 5.73 Å². The molecule has 0 saturated carbocycles. The molecule has 0 aliphatic heterocycles. The predicted molar refractivity (Wildman–Crippen MR) is 68.8 cm³/mol. The first-order valence-corrected chi connectivity index (χ1v) is 5.99. The second-order valence-corrected chi connectivity index (χ2v) is 4.46. The van der Waals surface area contributed by atoms with E-state index in [0.717, 1.165) is 11.1 Å². The smallest absolute Gasteiger partial charge is 0.316 e. The van der Waals surface area contributed by atoms with Crippen LogP contribution in [-0.4, -0.2) is 19.1 Å². The molecule has 0 heterocycles. The van der Waals surface area contributed by atoms with Gasteiger partial charge in [-0.05, 0) is 39.3 Å². The lowest BCUT2D eigenvalue weighted by molar-refractivity contribution is -0.149. The SMILES string of the molecule is CCOC(=O)C(C)(CCN)c1cccc(C)c1. The monoisotopic (exact) mass is 235 g/mol. The van der Waals surface area contributed by atoms with E-state index in [4.69, 9.17) is 10.5 Å². The normalized spacial score (nSPS) is 14.1. The van der Waals surface area contributed by atoms with Gasteiger partial charge >= 0.3 is 5.97 Å². The van der Waals surface area contributed by atoms with Gasteiger partial charge in [0, 0.05) is 0 Å². The molecule has 0 aliphatic carbocycles. The molecule has 1 aromatic rings. The van der Waals surface area contributed by atoms with Gasteiger partial charge in [0.1, 0.15) is 0 Å². The minimum absolute atomic E-state index is 0.198. The average Bonchev–Trinajstić information content (AvgIpc) is 2.29. The summed E-state index contributed by atoms with van der Waals surface area (Å²) in [5, 5.41) is 0. The van der Waals surface area contributed by atoms with Crippen molar-refractivity contribution in [1.82, 2.24) is 0 Å². The Morgan fingerprint density at radius 3 is 2.71 bits per heavy atom. The van der Waals surface area contributed by atoms with E-state index in [0.29, 0.717) is 19.6 Å². The molecule has 0 saturated heterocycles. The van der Waals surface area contributed by atoms with Gasteiger partial charge in [-0.25, -0.2) is 0 Å². The maximum absolute atomic E-state index is 12.1. The number of rotatable bonds is 5. The standard InChI is InChI=1S/C14H21NO2/c1-4-17-13(16)14(3,8-9-15)12-7-5-6-11(2)10-12/h5-7,10H,4,8-9,15H2,1-3H3. The van der Waals surface area contributed by atoms with Crippen molar-refractivity contribution in [1.29, 1.82) is 0 Å². The molecule has 3 nitrogen and oxygen atoms in total. The summed E-state index contributed by atoms with van der Waals surface area (Å²) in [7, 11) is 0. The number of hydrogen-bond donors (Lipinski definition) is 1. The molecule has 0 radical (unpaired) electrons. The molecule has 17 heavy (non-hydrogen) atoms. The quantitative estimate of drug-likeness (QED) is 0.796. The summed E-state index contributed by atoms with van der Waals surface area (Å²) in [6.07, 6.45) is 0.593. The molecule has 1 rings (SSSR count). The molecule has 0 aliphatic rings. The van der Waals surface area contributed by atoms with Crippen LogP contribution in [0.25, 0.3) is 0 Å². The van der Waals surface area contributed by atoms with Gasteiger partial charge in [0.25, 0.3) is 0 Å². The van der Waals surface area contributed by atoms with Gasteiger partial charge in [-0.1, -0.05) is 29.8 Å². The molecule has 1 atom stereocenters. The fraction of sp³-hybridized carbons (Fsp3) is 0.500. The number of carbonyl (C=O) groups is 1. The number of hydrogen-bond acceptors (Lipinski definition) is 3. The van der Waals surface area contributed by atoms with Crippen LogP contribution in [0.2, 0.25) is 0 Å². The van der Waals surface area contributed by atoms with Gasteiger partial charge in [0.05, 0.1) is 12.0 Å². The van der Waals surface area contributed by atoms with Gasteiger partial charge in [0.15, 0.2) is 0 Å². The summed E-state index contributed by atoms with van der Waals surface area (Å²) < 4.78 is 5.16. The first-order valence-electron chi connectivity index (χ1n) is 5.99. The molecule has 0 amide bonds. The van der Waals surface area contributed by atoms with E-state index >= 15 is 0 Å². The van der Waals surface area contributed by atoms with Gasteiger partial charge < -0.3 is 10.5 Å². The second kappa shape index (κ2) is 5.82. The maximum Gasteiger partial charge on any atom is 0.316 e. The highest BCUT2D eigenvalue weighted by molar-refractivity contribution is 5.82. The van der Waals surface area contributed by atoms with Crippen LogP contribution in [0.4, 0.5) is 0 Å². The summed E-state index contributed by atoms with van der Waals surface area (Å²) in [6.45, 7) is 6.58. The molecule has 1 aromatic carbocycles. The van der Waals surface area contributed by atoms with Crippen LogP contribution in [0.1, 0.15) is 31.4 Å². The van der Waals surface area contributed by atoms with E-state index in [2.05, 4.69) is 0 Å². The van der Waals surface area contributed by atoms with Crippen molar-refractivity contribution in [3.8, 4) is 0 Å². The topological polar surface area (TPSA) is 52.3 Å². The van der Waals surface area contributed by atoms with Crippen LogP contribution in [0.15, 0.2) is 24.3 Å². The molecule has 2 N–H and O–H groups in total.